The van der Waals surface area contributed by atoms with Crippen molar-refractivity contribution in [1.29, 1.82) is 0 Å². The normalized spacial score (nSPS) is 15.4. The molecule has 3 atom stereocenters. The molecule has 2 aromatic heterocycles. The standard InChI is InChI=1S/C36H43N7O4/c1-3-28(2)43-36(45)42(27-38-43)32-12-10-30(11-13-32)39-20-22-40(23-21-39)31-14-16-34(17-15-31)46-25-33(44)26-47-35(24-41-19-7-18-37-41)29-8-5-4-6-9-29/h4-19,27-28,33,35,44H,3,20-26H2,1-2H3/t28-,33-,35?/m0/s1. The third kappa shape index (κ3) is 7.93. The summed E-state index contributed by atoms with van der Waals surface area (Å²) in [7, 11) is 0. The lowest BCUT2D eigenvalue weighted by Crippen LogP contribution is -2.46. The highest BCUT2D eigenvalue weighted by Gasteiger charge is 2.19. The predicted octanol–water partition coefficient (Wildman–Crippen LogP) is 4.73. The lowest BCUT2D eigenvalue weighted by molar-refractivity contribution is -0.0326. The highest BCUT2D eigenvalue weighted by atomic mass is 16.5. The van der Waals surface area contributed by atoms with Gasteiger partial charge in [-0.3, -0.25) is 4.68 Å². The summed E-state index contributed by atoms with van der Waals surface area (Å²) in [5.41, 5.74) is 4.01. The zero-order valence-electron chi connectivity index (χ0n) is 27.0. The van der Waals surface area contributed by atoms with Gasteiger partial charge in [-0.1, -0.05) is 37.3 Å². The minimum atomic E-state index is -0.774. The van der Waals surface area contributed by atoms with E-state index in [2.05, 4.69) is 44.3 Å². The number of nitrogens with zero attached hydrogens (tertiary/aromatic N) is 7. The number of aromatic nitrogens is 5. The Morgan fingerprint density at radius 3 is 2.06 bits per heavy atom. The second-order valence-electron chi connectivity index (χ2n) is 11.9. The number of piperazine rings is 1. The van der Waals surface area contributed by atoms with Gasteiger partial charge in [-0.2, -0.15) is 10.2 Å². The maximum Gasteiger partial charge on any atom is 0.350 e. The van der Waals surface area contributed by atoms with E-state index in [-0.39, 0.29) is 31.0 Å². The van der Waals surface area contributed by atoms with Crippen LogP contribution in [0.4, 0.5) is 11.4 Å². The summed E-state index contributed by atoms with van der Waals surface area (Å²) < 4.78 is 17.0. The van der Waals surface area contributed by atoms with E-state index in [1.165, 1.54) is 4.68 Å². The van der Waals surface area contributed by atoms with Crippen LogP contribution < -0.4 is 20.2 Å². The molecule has 0 radical (unpaired) electrons. The van der Waals surface area contributed by atoms with Gasteiger partial charge in [-0.05, 0) is 73.5 Å². The fourth-order valence-corrected chi connectivity index (χ4v) is 5.74. The Bertz CT molecular complexity index is 1710. The Morgan fingerprint density at radius 2 is 1.45 bits per heavy atom. The molecule has 0 bridgehead atoms. The van der Waals surface area contributed by atoms with Crippen LogP contribution >= 0.6 is 0 Å². The molecule has 3 heterocycles. The zero-order chi connectivity index (χ0) is 32.6. The van der Waals surface area contributed by atoms with Crippen LogP contribution in [0.5, 0.6) is 5.75 Å². The summed E-state index contributed by atoms with van der Waals surface area (Å²) in [6.45, 7) is 8.44. The van der Waals surface area contributed by atoms with Gasteiger partial charge in [0, 0.05) is 49.9 Å². The molecule has 47 heavy (non-hydrogen) atoms. The molecule has 1 saturated heterocycles. The molecule has 6 rings (SSSR count). The van der Waals surface area contributed by atoms with Crippen molar-refractivity contribution >= 4 is 11.4 Å². The van der Waals surface area contributed by atoms with Crippen molar-refractivity contribution < 1.29 is 14.6 Å². The van der Waals surface area contributed by atoms with Gasteiger partial charge < -0.3 is 24.4 Å². The summed E-state index contributed by atoms with van der Waals surface area (Å²) in [5.74, 6) is 0.705. The molecule has 0 spiro atoms. The first-order chi connectivity index (χ1) is 23.0. The van der Waals surface area contributed by atoms with E-state index in [9.17, 15) is 9.90 Å². The van der Waals surface area contributed by atoms with Gasteiger partial charge in [0.25, 0.3) is 0 Å². The van der Waals surface area contributed by atoms with Gasteiger partial charge in [0.15, 0.2) is 0 Å². The lowest BCUT2D eigenvalue weighted by atomic mass is 10.1. The highest BCUT2D eigenvalue weighted by molar-refractivity contribution is 5.54. The third-order valence-electron chi connectivity index (χ3n) is 8.69. The average Bonchev–Trinajstić information content (AvgIpc) is 3.79. The number of anilines is 2. The molecule has 1 unspecified atom stereocenters. The van der Waals surface area contributed by atoms with Crippen LogP contribution in [0, 0.1) is 0 Å². The second kappa shape index (κ2) is 15.1. The van der Waals surface area contributed by atoms with Gasteiger partial charge in [-0.15, -0.1) is 0 Å². The summed E-state index contributed by atoms with van der Waals surface area (Å²) in [4.78, 5) is 17.5. The van der Waals surface area contributed by atoms with Crippen LogP contribution in [0.1, 0.15) is 38.0 Å². The van der Waals surface area contributed by atoms with E-state index in [0.717, 1.165) is 55.2 Å². The van der Waals surface area contributed by atoms with Crippen LogP contribution in [0.15, 0.2) is 108 Å². The van der Waals surface area contributed by atoms with E-state index < -0.39 is 6.10 Å². The number of hydrogen-bond acceptors (Lipinski definition) is 8. The molecule has 11 nitrogen and oxygen atoms in total. The van der Waals surface area contributed by atoms with Gasteiger partial charge in [-0.25, -0.2) is 14.0 Å². The molecule has 11 heteroatoms. The molecule has 5 aromatic rings. The largest absolute Gasteiger partial charge is 0.491 e. The molecule has 1 aliphatic heterocycles. The van der Waals surface area contributed by atoms with Crippen LogP contribution in [0.2, 0.25) is 0 Å². The molecule has 0 saturated carbocycles. The van der Waals surface area contributed by atoms with E-state index in [1.54, 1.807) is 17.1 Å². The Balaban J connectivity index is 0.961. The van der Waals surface area contributed by atoms with Gasteiger partial charge in [0.2, 0.25) is 0 Å². The molecule has 0 amide bonds. The average molecular weight is 638 g/mol. The number of aliphatic hydroxyl groups is 1. The van der Waals surface area contributed by atoms with Crippen molar-refractivity contribution in [3.8, 4) is 11.4 Å². The van der Waals surface area contributed by atoms with Crippen molar-refractivity contribution in [3.63, 3.8) is 0 Å². The first-order valence-corrected chi connectivity index (χ1v) is 16.3. The highest BCUT2D eigenvalue weighted by Crippen LogP contribution is 2.24. The molecule has 1 aliphatic rings. The van der Waals surface area contributed by atoms with Crippen molar-refractivity contribution in [2.45, 2.75) is 45.1 Å². The number of ether oxygens (including phenoxy) is 2. The molecule has 1 fully saturated rings. The number of hydrogen-bond donors (Lipinski definition) is 1. The van der Waals surface area contributed by atoms with Gasteiger partial charge in [0.1, 0.15) is 30.9 Å². The molecule has 1 N–H and O–H groups in total. The SMILES string of the molecule is CC[C@H](C)n1ncn(-c2ccc(N3CCN(c4ccc(OC[C@H](O)COC(Cn5cccn5)c5ccccc5)cc4)CC3)cc2)c1=O. The van der Waals surface area contributed by atoms with Crippen LogP contribution in [0.3, 0.4) is 0 Å². The van der Waals surface area contributed by atoms with Crippen molar-refractivity contribution in [2.24, 2.45) is 0 Å². The summed E-state index contributed by atoms with van der Waals surface area (Å²) in [6, 6.07) is 28.1. The maximum absolute atomic E-state index is 12.8. The van der Waals surface area contributed by atoms with E-state index in [0.29, 0.717) is 12.3 Å². The first-order valence-electron chi connectivity index (χ1n) is 16.3. The van der Waals surface area contributed by atoms with Crippen molar-refractivity contribution in [2.75, 3.05) is 49.2 Å². The predicted molar refractivity (Wildman–Crippen MR) is 183 cm³/mol. The van der Waals surface area contributed by atoms with Gasteiger partial charge >= 0.3 is 5.69 Å². The Kier molecular flexibility index (Phi) is 10.3. The summed E-state index contributed by atoms with van der Waals surface area (Å²) in [6.07, 6.45) is 5.09. The van der Waals surface area contributed by atoms with Crippen LogP contribution in [0.25, 0.3) is 5.69 Å². The van der Waals surface area contributed by atoms with Crippen molar-refractivity contribution in [3.05, 3.63) is 120 Å². The van der Waals surface area contributed by atoms with Crippen molar-refractivity contribution in [1.82, 2.24) is 24.1 Å². The molecular weight excluding hydrogens is 594 g/mol. The molecule has 0 aliphatic carbocycles. The zero-order valence-corrected chi connectivity index (χ0v) is 27.0. The Morgan fingerprint density at radius 1 is 0.809 bits per heavy atom. The Hall–Kier alpha value is -4.87. The second-order valence-corrected chi connectivity index (χ2v) is 11.9. The molecular formula is C36H43N7O4. The summed E-state index contributed by atoms with van der Waals surface area (Å²) >= 11 is 0. The fraction of sp³-hybridized carbons (Fsp3) is 0.361. The topological polar surface area (TPSA) is 103 Å². The van der Waals surface area contributed by atoms with Crippen LogP contribution in [-0.2, 0) is 11.3 Å². The van der Waals surface area contributed by atoms with E-state index in [4.69, 9.17) is 9.47 Å². The van der Waals surface area contributed by atoms with E-state index in [1.807, 2.05) is 85.4 Å². The number of aliphatic hydroxyl groups excluding tert-OH is 1. The minimum absolute atomic E-state index is 0.0685. The molecule has 3 aromatic carbocycles. The smallest absolute Gasteiger partial charge is 0.350 e. The fourth-order valence-electron chi connectivity index (χ4n) is 5.74. The van der Waals surface area contributed by atoms with E-state index >= 15 is 0 Å². The number of benzene rings is 3. The summed E-state index contributed by atoms with van der Waals surface area (Å²) in [5, 5.41) is 19.2. The third-order valence-corrected chi connectivity index (χ3v) is 8.69. The first kappa shape index (κ1) is 32.1. The lowest BCUT2D eigenvalue weighted by Gasteiger charge is -2.37. The van der Waals surface area contributed by atoms with Gasteiger partial charge in [0.05, 0.1) is 24.9 Å². The van der Waals surface area contributed by atoms with Crippen LogP contribution in [-0.4, -0.2) is 74.7 Å². The Labute approximate surface area is 275 Å². The monoisotopic (exact) mass is 637 g/mol. The quantitative estimate of drug-likeness (QED) is 0.187. The number of rotatable bonds is 14. The maximum atomic E-state index is 12.8. The minimum Gasteiger partial charge on any atom is -0.491 e. The molecule has 246 valence electrons.